The number of fused-ring (bicyclic) bond motifs is 1. The summed E-state index contributed by atoms with van der Waals surface area (Å²) >= 11 is 0. The predicted octanol–water partition coefficient (Wildman–Crippen LogP) is 3.26. The second-order valence-corrected chi connectivity index (χ2v) is 10.6. The maximum atomic E-state index is 6.33. The third-order valence-corrected chi connectivity index (χ3v) is 8.91. The maximum Gasteiger partial charge on any atom is 0.0115 e. The molecule has 5 rings (SSSR count). The number of hydrogen-bond acceptors (Lipinski definition) is 2. The van der Waals surface area contributed by atoms with E-state index >= 15 is 0 Å². The van der Waals surface area contributed by atoms with E-state index < -0.39 is 0 Å². The number of nitrogens with zero attached hydrogens (tertiary/aromatic N) is 1. The zero-order chi connectivity index (χ0) is 14.7. The topological polar surface area (TPSA) is 29.3 Å². The van der Waals surface area contributed by atoms with Crippen molar-refractivity contribution >= 4 is 0 Å². The smallest absolute Gasteiger partial charge is 0.0115 e. The van der Waals surface area contributed by atoms with E-state index in [0.29, 0.717) is 16.9 Å². The van der Waals surface area contributed by atoms with Crippen LogP contribution >= 0.6 is 0 Å². The van der Waals surface area contributed by atoms with Crippen molar-refractivity contribution in [1.82, 2.24) is 4.90 Å². The molecule has 2 nitrogen and oxygen atoms in total. The molecule has 0 amide bonds. The fraction of sp³-hybridized carbons (Fsp3) is 1.00. The highest BCUT2D eigenvalue weighted by molar-refractivity contribution is 5.31. The SMILES string of the molecule is CC1(C)CN(CC23CC4CC5CC(C)(C2)C45C3)CCC1N. The van der Waals surface area contributed by atoms with Crippen LogP contribution in [0.2, 0.25) is 0 Å². The highest BCUT2D eigenvalue weighted by Crippen LogP contribution is 2.89. The van der Waals surface area contributed by atoms with Crippen molar-refractivity contribution in [3.8, 4) is 0 Å². The Bertz CT molecular complexity index is 500. The third-order valence-electron chi connectivity index (χ3n) is 8.91. The summed E-state index contributed by atoms with van der Waals surface area (Å²) in [6, 6.07) is 0.395. The summed E-state index contributed by atoms with van der Waals surface area (Å²) in [5, 5.41) is 0. The summed E-state index contributed by atoms with van der Waals surface area (Å²) in [5.41, 5.74) is 8.88. The molecule has 0 aromatic rings. The molecule has 2 heteroatoms. The molecule has 1 heterocycles. The molecule has 6 atom stereocenters. The molecule has 2 bridgehead atoms. The lowest BCUT2D eigenvalue weighted by Crippen LogP contribution is -2.65. The average Bonchev–Trinajstić information content (AvgIpc) is 2.77. The second kappa shape index (κ2) is 3.53. The molecule has 1 aliphatic heterocycles. The van der Waals surface area contributed by atoms with Crippen LogP contribution in [0.25, 0.3) is 0 Å². The molecule has 1 saturated heterocycles. The summed E-state index contributed by atoms with van der Waals surface area (Å²) in [4.78, 5) is 2.79. The molecule has 0 aromatic carbocycles. The number of rotatable bonds is 2. The van der Waals surface area contributed by atoms with Crippen LogP contribution in [-0.4, -0.2) is 30.6 Å². The minimum atomic E-state index is 0.300. The lowest BCUT2D eigenvalue weighted by Gasteiger charge is -2.72. The number of hydrogen-bond donors (Lipinski definition) is 1. The number of likely N-dealkylation sites (tertiary alicyclic amines) is 1. The van der Waals surface area contributed by atoms with Crippen molar-refractivity contribution in [2.45, 2.75) is 65.3 Å². The molecule has 2 N–H and O–H groups in total. The number of nitrogens with two attached hydrogens (primary N) is 1. The zero-order valence-corrected chi connectivity index (χ0v) is 14.1. The molecule has 0 radical (unpaired) electrons. The van der Waals surface area contributed by atoms with Crippen molar-refractivity contribution in [2.24, 2.45) is 39.2 Å². The van der Waals surface area contributed by atoms with Crippen molar-refractivity contribution in [3.63, 3.8) is 0 Å². The van der Waals surface area contributed by atoms with Gasteiger partial charge >= 0.3 is 0 Å². The van der Waals surface area contributed by atoms with Gasteiger partial charge in [-0.1, -0.05) is 20.8 Å². The Morgan fingerprint density at radius 1 is 1.10 bits per heavy atom. The Morgan fingerprint density at radius 3 is 2.48 bits per heavy atom. The van der Waals surface area contributed by atoms with E-state index in [2.05, 4.69) is 25.7 Å². The first-order valence-corrected chi connectivity index (χ1v) is 9.27. The number of piperidine rings is 1. The van der Waals surface area contributed by atoms with Gasteiger partial charge in [0.1, 0.15) is 0 Å². The van der Waals surface area contributed by atoms with Gasteiger partial charge in [-0.25, -0.2) is 0 Å². The predicted molar refractivity (Wildman–Crippen MR) is 85.9 cm³/mol. The second-order valence-electron chi connectivity index (χ2n) is 10.6. The first-order chi connectivity index (χ1) is 9.79. The molecule has 21 heavy (non-hydrogen) atoms. The largest absolute Gasteiger partial charge is 0.327 e. The van der Waals surface area contributed by atoms with Crippen LogP contribution in [0.5, 0.6) is 0 Å². The summed E-state index contributed by atoms with van der Waals surface area (Å²) in [5.74, 6) is 2.23. The highest BCUT2D eigenvalue weighted by atomic mass is 15.2. The van der Waals surface area contributed by atoms with Gasteiger partial charge in [-0.3, -0.25) is 0 Å². The third kappa shape index (κ3) is 1.39. The van der Waals surface area contributed by atoms with Gasteiger partial charge < -0.3 is 10.6 Å². The fourth-order valence-corrected chi connectivity index (χ4v) is 8.24. The van der Waals surface area contributed by atoms with Gasteiger partial charge in [-0.2, -0.15) is 0 Å². The van der Waals surface area contributed by atoms with E-state index in [0.717, 1.165) is 22.7 Å². The van der Waals surface area contributed by atoms with E-state index in [1.165, 1.54) is 32.5 Å². The Morgan fingerprint density at radius 2 is 1.86 bits per heavy atom. The summed E-state index contributed by atoms with van der Waals surface area (Å²) in [6.45, 7) is 11.2. The van der Waals surface area contributed by atoms with Gasteiger partial charge in [-0.05, 0) is 78.6 Å². The van der Waals surface area contributed by atoms with E-state index in [9.17, 15) is 0 Å². The van der Waals surface area contributed by atoms with Crippen LogP contribution in [0.3, 0.4) is 0 Å². The molecule has 4 aliphatic carbocycles. The monoisotopic (exact) mass is 288 g/mol. The lowest BCUT2D eigenvalue weighted by atomic mass is 9.32. The van der Waals surface area contributed by atoms with Crippen molar-refractivity contribution in [3.05, 3.63) is 0 Å². The van der Waals surface area contributed by atoms with Crippen LogP contribution in [-0.2, 0) is 0 Å². The van der Waals surface area contributed by atoms with Crippen molar-refractivity contribution < 1.29 is 0 Å². The van der Waals surface area contributed by atoms with E-state index in [1.807, 2.05) is 0 Å². The standard InChI is InChI=1S/C19H32N2/c1-16(2)11-21(5-4-15(16)20)12-18-8-14-6-13-7-17(3,9-18)19(13,14)10-18/h13-15H,4-12,20H2,1-3H3. The maximum absolute atomic E-state index is 6.33. The molecule has 5 aliphatic rings. The normalized spacial score (nSPS) is 60.3. The van der Waals surface area contributed by atoms with Crippen LogP contribution < -0.4 is 5.73 Å². The van der Waals surface area contributed by atoms with Gasteiger partial charge in [0.25, 0.3) is 0 Å². The van der Waals surface area contributed by atoms with Gasteiger partial charge in [0.15, 0.2) is 0 Å². The van der Waals surface area contributed by atoms with Crippen molar-refractivity contribution in [2.75, 3.05) is 19.6 Å². The molecule has 6 unspecified atom stereocenters. The summed E-state index contributed by atoms with van der Waals surface area (Å²) in [7, 11) is 0. The summed E-state index contributed by atoms with van der Waals surface area (Å²) in [6.07, 6.45) is 9.00. The van der Waals surface area contributed by atoms with E-state index in [4.69, 9.17) is 5.73 Å². The minimum absolute atomic E-state index is 0.300. The Labute approximate surface area is 129 Å². The lowest BCUT2D eigenvalue weighted by molar-refractivity contribution is -0.237. The van der Waals surface area contributed by atoms with Crippen LogP contribution in [0.15, 0.2) is 0 Å². The van der Waals surface area contributed by atoms with Gasteiger partial charge in [-0.15, -0.1) is 0 Å². The van der Waals surface area contributed by atoms with E-state index in [1.54, 1.807) is 25.7 Å². The molecular weight excluding hydrogens is 256 g/mol. The first-order valence-electron chi connectivity index (χ1n) is 9.27. The Kier molecular flexibility index (Phi) is 2.25. The molecule has 5 fully saturated rings. The van der Waals surface area contributed by atoms with Gasteiger partial charge in [0, 0.05) is 19.1 Å². The van der Waals surface area contributed by atoms with Crippen molar-refractivity contribution in [1.29, 1.82) is 0 Å². The molecule has 0 aromatic heterocycles. The van der Waals surface area contributed by atoms with Crippen LogP contribution in [0, 0.1) is 33.5 Å². The molecule has 4 saturated carbocycles. The molecular formula is C19H32N2. The Balaban J connectivity index is 1.36. The fourth-order valence-electron chi connectivity index (χ4n) is 8.24. The minimum Gasteiger partial charge on any atom is -0.327 e. The van der Waals surface area contributed by atoms with E-state index in [-0.39, 0.29) is 0 Å². The van der Waals surface area contributed by atoms with Crippen LogP contribution in [0.4, 0.5) is 0 Å². The quantitative estimate of drug-likeness (QED) is 0.845. The van der Waals surface area contributed by atoms with Gasteiger partial charge in [0.2, 0.25) is 0 Å². The highest BCUT2D eigenvalue weighted by Gasteiger charge is 2.82. The molecule has 118 valence electrons. The van der Waals surface area contributed by atoms with Crippen LogP contribution in [0.1, 0.15) is 59.3 Å². The first kappa shape index (κ1) is 13.4. The molecule has 1 spiro atoms. The zero-order valence-electron chi connectivity index (χ0n) is 14.1. The van der Waals surface area contributed by atoms with Gasteiger partial charge in [0.05, 0.1) is 0 Å². The summed E-state index contributed by atoms with van der Waals surface area (Å²) < 4.78 is 0. The average molecular weight is 288 g/mol. The Hall–Kier alpha value is -0.0800.